The summed E-state index contributed by atoms with van der Waals surface area (Å²) >= 11 is 0. The summed E-state index contributed by atoms with van der Waals surface area (Å²) in [6.07, 6.45) is 2.42. The molecule has 0 radical (unpaired) electrons. The lowest BCUT2D eigenvalue weighted by Crippen LogP contribution is -2.50. The van der Waals surface area contributed by atoms with Gasteiger partial charge in [0.05, 0.1) is 21.4 Å². The maximum Gasteiger partial charge on any atom is 0.261 e. The van der Waals surface area contributed by atoms with Crippen molar-refractivity contribution in [3.05, 3.63) is 70.3 Å². The molecule has 0 N–H and O–H groups in total. The third-order valence-electron chi connectivity index (χ3n) is 6.57. The van der Waals surface area contributed by atoms with Gasteiger partial charge >= 0.3 is 0 Å². The molecule has 10 heteroatoms. The summed E-state index contributed by atoms with van der Waals surface area (Å²) in [6.45, 7) is 0.865. The van der Waals surface area contributed by atoms with Crippen LogP contribution in [0.25, 0.3) is 10.9 Å². The van der Waals surface area contributed by atoms with E-state index in [1.54, 1.807) is 27.7 Å². The van der Waals surface area contributed by atoms with Crippen molar-refractivity contribution in [3.63, 3.8) is 0 Å². The lowest BCUT2D eigenvalue weighted by atomic mass is 10.2. The highest BCUT2D eigenvalue weighted by Gasteiger charge is 2.32. The molecule has 180 valence electrons. The Morgan fingerprint density at radius 2 is 1.71 bits per heavy atom. The Morgan fingerprint density at radius 1 is 1.03 bits per heavy atom. The first-order valence-electron chi connectivity index (χ1n) is 11.7. The number of hydrogen-bond acceptors (Lipinski definition) is 6. The Morgan fingerprint density at radius 3 is 2.43 bits per heavy atom. The average molecular weight is 492 g/mol. The molecule has 2 fully saturated rings. The Kier molecular flexibility index (Phi) is 6.13. The smallest absolute Gasteiger partial charge is 0.261 e. The monoisotopic (exact) mass is 491 g/mol. The molecular weight excluding hydrogens is 466 g/mol. The summed E-state index contributed by atoms with van der Waals surface area (Å²) in [6, 6.07) is 15.5. The maximum absolute atomic E-state index is 13.0. The van der Waals surface area contributed by atoms with Gasteiger partial charge in [-0.2, -0.15) is 9.57 Å². The summed E-state index contributed by atoms with van der Waals surface area (Å²) < 4.78 is 29.1. The lowest BCUT2D eigenvalue weighted by Gasteiger charge is -2.34. The number of aryl methyl sites for hydroxylation is 1. The van der Waals surface area contributed by atoms with Crippen molar-refractivity contribution in [2.45, 2.75) is 36.6 Å². The molecule has 1 saturated carbocycles. The molecule has 1 aromatic heterocycles. The lowest BCUT2D eigenvalue weighted by molar-refractivity contribution is -0.132. The van der Waals surface area contributed by atoms with Crippen LogP contribution in [-0.4, -0.2) is 59.3 Å². The molecule has 1 saturated heterocycles. The van der Waals surface area contributed by atoms with Gasteiger partial charge in [0.1, 0.15) is 11.9 Å². The van der Waals surface area contributed by atoms with Gasteiger partial charge < -0.3 is 4.90 Å². The fraction of sp³-hybridized carbons (Fsp3) is 0.360. The van der Waals surface area contributed by atoms with Crippen LogP contribution < -0.4 is 5.56 Å². The Hall–Kier alpha value is -3.55. The van der Waals surface area contributed by atoms with Gasteiger partial charge in [0.2, 0.25) is 15.9 Å². The van der Waals surface area contributed by atoms with Crippen molar-refractivity contribution in [1.82, 2.24) is 18.8 Å². The van der Waals surface area contributed by atoms with Crippen LogP contribution in [0.2, 0.25) is 0 Å². The normalized spacial score (nSPS) is 16.8. The predicted octanol–water partition coefficient (Wildman–Crippen LogP) is 2.07. The van der Waals surface area contributed by atoms with Gasteiger partial charge in [-0.05, 0) is 37.1 Å². The molecule has 1 aliphatic heterocycles. The largest absolute Gasteiger partial charge is 0.340 e. The van der Waals surface area contributed by atoms with E-state index in [4.69, 9.17) is 0 Å². The number of carbonyl (C=O) groups is 1. The number of benzene rings is 2. The second kappa shape index (κ2) is 9.24. The van der Waals surface area contributed by atoms with Crippen LogP contribution >= 0.6 is 0 Å². The molecule has 0 atom stereocenters. The number of nitrogens with zero attached hydrogens (tertiary/aromatic N) is 5. The van der Waals surface area contributed by atoms with Gasteiger partial charge in [0.25, 0.3) is 5.56 Å². The number of piperazine rings is 1. The maximum atomic E-state index is 13.0. The fourth-order valence-corrected chi connectivity index (χ4v) is 6.12. The molecule has 1 aliphatic carbocycles. The van der Waals surface area contributed by atoms with Crippen LogP contribution in [0.15, 0.2) is 58.2 Å². The van der Waals surface area contributed by atoms with Crippen molar-refractivity contribution in [3.8, 4) is 6.07 Å². The third-order valence-corrected chi connectivity index (χ3v) is 8.53. The molecule has 0 bridgehead atoms. The number of amides is 1. The zero-order chi connectivity index (χ0) is 24.6. The molecule has 3 aromatic rings. The van der Waals surface area contributed by atoms with E-state index in [-0.39, 0.29) is 60.6 Å². The summed E-state index contributed by atoms with van der Waals surface area (Å²) in [5.41, 5.74) is 0.681. The van der Waals surface area contributed by atoms with Crippen molar-refractivity contribution >= 4 is 26.8 Å². The first-order valence-corrected chi connectivity index (χ1v) is 13.1. The molecule has 0 spiro atoms. The second-order valence-corrected chi connectivity index (χ2v) is 10.8. The molecule has 1 amide bonds. The zero-order valence-electron chi connectivity index (χ0n) is 19.1. The molecular formula is C25H25N5O4S. The zero-order valence-corrected chi connectivity index (χ0v) is 19.9. The van der Waals surface area contributed by atoms with Crippen LogP contribution in [0.3, 0.4) is 0 Å². The van der Waals surface area contributed by atoms with Crippen molar-refractivity contribution < 1.29 is 13.2 Å². The highest BCUT2D eigenvalue weighted by molar-refractivity contribution is 7.89. The Balaban J connectivity index is 1.26. The predicted molar refractivity (Wildman–Crippen MR) is 129 cm³/mol. The van der Waals surface area contributed by atoms with Crippen molar-refractivity contribution in [2.75, 3.05) is 26.2 Å². The molecule has 5 rings (SSSR count). The van der Waals surface area contributed by atoms with Crippen LogP contribution in [0.4, 0.5) is 0 Å². The van der Waals surface area contributed by atoms with Crippen LogP contribution in [0.5, 0.6) is 0 Å². The second-order valence-electron chi connectivity index (χ2n) is 8.84. The van der Waals surface area contributed by atoms with Crippen LogP contribution in [-0.2, 0) is 21.2 Å². The quantitative estimate of drug-likeness (QED) is 0.521. The number of carbonyl (C=O) groups excluding carboxylic acids is 1. The van der Waals surface area contributed by atoms with Gasteiger partial charge in [-0.25, -0.2) is 13.4 Å². The van der Waals surface area contributed by atoms with Crippen LogP contribution in [0.1, 0.15) is 36.7 Å². The minimum absolute atomic E-state index is 0.0114. The number of nitriles is 1. The fourth-order valence-electron chi connectivity index (χ4n) is 4.56. The van der Waals surface area contributed by atoms with E-state index in [1.807, 2.05) is 24.3 Å². The molecule has 2 heterocycles. The van der Waals surface area contributed by atoms with Gasteiger partial charge in [-0.15, -0.1) is 0 Å². The Bertz CT molecular complexity index is 1500. The number of hydrogen-bond donors (Lipinski definition) is 0. The van der Waals surface area contributed by atoms with E-state index in [0.717, 1.165) is 12.8 Å². The summed E-state index contributed by atoms with van der Waals surface area (Å²) in [7, 11) is -3.82. The summed E-state index contributed by atoms with van der Waals surface area (Å²) in [5, 5.41) is 9.86. The average Bonchev–Trinajstić information content (AvgIpc) is 3.72. The third kappa shape index (κ3) is 4.45. The van der Waals surface area contributed by atoms with Gasteiger partial charge in [-0.3, -0.25) is 14.2 Å². The number of sulfonamides is 1. The van der Waals surface area contributed by atoms with E-state index in [1.165, 1.54) is 16.4 Å². The van der Waals surface area contributed by atoms with Crippen LogP contribution in [0, 0.1) is 11.3 Å². The van der Waals surface area contributed by atoms with Crippen molar-refractivity contribution in [2.24, 2.45) is 0 Å². The van der Waals surface area contributed by atoms with E-state index >= 15 is 0 Å². The minimum Gasteiger partial charge on any atom is -0.340 e. The van der Waals surface area contributed by atoms with Crippen molar-refractivity contribution in [1.29, 1.82) is 5.26 Å². The SMILES string of the molecule is N#Cc1ccccc1S(=O)(=O)N1CCN(C(=O)CCc2nc3ccccc3c(=O)n2C2CC2)CC1. The number of fused-ring (bicyclic) bond motifs is 1. The summed E-state index contributed by atoms with van der Waals surface area (Å²) in [5.74, 6) is 0.531. The van der Waals surface area contributed by atoms with E-state index in [2.05, 4.69) is 4.98 Å². The summed E-state index contributed by atoms with van der Waals surface area (Å²) in [4.78, 5) is 32.3. The van der Waals surface area contributed by atoms with E-state index in [0.29, 0.717) is 23.1 Å². The van der Waals surface area contributed by atoms with Gasteiger partial charge in [0.15, 0.2) is 0 Å². The Labute approximate surface area is 203 Å². The first-order chi connectivity index (χ1) is 16.9. The van der Waals surface area contributed by atoms with Gasteiger partial charge in [-0.1, -0.05) is 24.3 Å². The number of aromatic nitrogens is 2. The number of rotatable bonds is 6. The molecule has 2 aromatic carbocycles. The topological polar surface area (TPSA) is 116 Å². The standard InChI is InChI=1S/C25H25N5O4S/c26-17-18-5-1-4-8-22(18)35(33,34)29-15-13-28(14-16-29)24(31)12-11-23-27-21-7-3-2-6-20(21)25(32)30(23)19-9-10-19/h1-8,19H,9-16H2. The van der Waals surface area contributed by atoms with Gasteiger partial charge in [0, 0.05) is 45.1 Å². The minimum atomic E-state index is -3.82. The molecule has 9 nitrogen and oxygen atoms in total. The highest BCUT2D eigenvalue weighted by Crippen LogP contribution is 2.35. The number of para-hydroxylation sites is 1. The van der Waals surface area contributed by atoms with E-state index in [9.17, 15) is 23.3 Å². The molecule has 35 heavy (non-hydrogen) atoms. The molecule has 2 aliphatic rings. The highest BCUT2D eigenvalue weighted by atomic mass is 32.2. The first kappa shape index (κ1) is 23.2. The van der Waals surface area contributed by atoms with E-state index < -0.39 is 10.0 Å². The molecule has 0 unspecified atom stereocenters.